The summed E-state index contributed by atoms with van der Waals surface area (Å²) in [6.45, 7) is 2.11. The standard InChI is InChI=1S/C27H29N3O3/c1-30-12-10-20(11-13-30)33-25-9-8-18(15-26(25)32-3)19-14-22-23(17-29-27(22)28-16-19)21-6-4-5-7-24(21)31-2/h4-9,14-17,20H,10-13H2,1-3H3,(H,28,29). The fourth-order valence-corrected chi connectivity index (χ4v) is 4.48. The van der Waals surface area contributed by atoms with Crippen molar-refractivity contribution in [3.05, 3.63) is 60.9 Å². The Morgan fingerprint density at radius 1 is 0.879 bits per heavy atom. The summed E-state index contributed by atoms with van der Waals surface area (Å²) in [5, 5.41) is 1.04. The number of hydrogen-bond donors (Lipinski definition) is 1. The lowest BCUT2D eigenvalue weighted by Crippen LogP contribution is -2.35. The van der Waals surface area contributed by atoms with Crippen molar-refractivity contribution in [2.45, 2.75) is 18.9 Å². The van der Waals surface area contributed by atoms with Crippen molar-refractivity contribution in [1.29, 1.82) is 0 Å². The van der Waals surface area contributed by atoms with Crippen molar-refractivity contribution in [2.24, 2.45) is 0 Å². The molecule has 1 aliphatic heterocycles. The largest absolute Gasteiger partial charge is 0.496 e. The molecule has 0 radical (unpaired) electrons. The van der Waals surface area contributed by atoms with E-state index in [4.69, 9.17) is 14.2 Å². The summed E-state index contributed by atoms with van der Waals surface area (Å²) in [6, 6.07) is 16.3. The van der Waals surface area contributed by atoms with Gasteiger partial charge in [0, 0.05) is 47.6 Å². The third-order valence-electron chi connectivity index (χ3n) is 6.38. The molecule has 6 nitrogen and oxygen atoms in total. The van der Waals surface area contributed by atoms with Crippen LogP contribution in [0.2, 0.25) is 0 Å². The number of fused-ring (bicyclic) bond motifs is 1. The molecule has 0 spiro atoms. The predicted octanol–water partition coefficient (Wildman–Crippen LogP) is 5.39. The molecular weight excluding hydrogens is 414 g/mol. The third-order valence-corrected chi connectivity index (χ3v) is 6.38. The quantitative estimate of drug-likeness (QED) is 0.433. The van der Waals surface area contributed by atoms with Crippen LogP contribution in [-0.4, -0.2) is 55.3 Å². The van der Waals surface area contributed by atoms with E-state index in [0.717, 1.165) is 76.5 Å². The molecule has 0 amide bonds. The highest BCUT2D eigenvalue weighted by Gasteiger charge is 2.20. The van der Waals surface area contributed by atoms with Crippen molar-refractivity contribution >= 4 is 11.0 Å². The molecule has 2 aromatic carbocycles. The number of nitrogens with one attached hydrogen (secondary N) is 1. The first-order valence-electron chi connectivity index (χ1n) is 11.3. The van der Waals surface area contributed by atoms with Crippen molar-refractivity contribution in [3.63, 3.8) is 0 Å². The Kier molecular flexibility index (Phi) is 5.92. The summed E-state index contributed by atoms with van der Waals surface area (Å²) in [4.78, 5) is 10.3. The molecule has 1 saturated heterocycles. The van der Waals surface area contributed by atoms with Crippen LogP contribution in [0.5, 0.6) is 17.2 Å². The Hall–Kier alpha value is -3.51. The molecule has 1 fully saturated rings. The van der Waals surface area contributed by atoms with Crippen LogP contribution < -0.4 is 14.2 Å². The number of aromatic amines is 1. The Morgan fingerprint density at radius 3 is 2.45 bits per heavy atom. The first kappa shape index (κ1) is 21.3. The van der Waals surface area contributed by atoms with E-state index < -0.39 is 0 Å². The topological polar surface area (TPSA) is 59.6 Å². The highest BCUT2D eigenvalue weighted by atomic mass is 16.5. The number of rotatable bonds is 6. The van der Waals surface area contributed by atoms with Crippen molar-refractivity contribution in [2.75, 3.05) is 34.4 Å². The van der Waals surface area contributed by atoms with Gasteiger partial charge in [-0.25, -0.2) is 4.98 Å². The minimum absolute atomic E-state index is 0.224. The van der Waals surface area contributed by atoms with E-state index in [2.05, 4.69) is 40.1 Å². The van der Waals surface area contributed by atoms with Crippen LogP contribution in [0.4, 0.5) is 0 Å². The number of H-pyrrole nitrogens is 1. The molecule has 0 unspecified atom stereocenters. The van der Waals surface area contributed by atoms with Crippen molar-refractivity contribution in [1.82, 2.24) is 14.9 Å². The Bertz CT molecular complexity index is 1260. The SMILES string of the molecule is COc1cc(-c2cnc3[nH]cc(-c4ccccc4OC)c3c2)ccc1OC1CCN(C)CC1. The fourth-order valence-electron chi connectivity index (χ4n) is 4.48. The van der Waals surface area contributed by atoms with E-state index in [-0.39, 0.29) is 6.10 Å². The minimum Gasteiger partial charge on any atom is -0.496 e. The molecule has 33 heavy (non-hydrogen) atoms. The van der Waals surface area contributed by atoms with Gasteiger partial charge in [-0.3, -0.25) is 0 Å². The number of hydrogen-bond acceptors (Lipinski definition) is 5. The van der Waals surface area contributed by atoms with Gasteiger partial charge in [0.25, 0.3) is 0 Å². The summed E-state index contributed by atoms with van der Waals surface area (Å²) < 4.78 is 17.6. The zero-order chi connectivity index (χ0) is 22.8. The van der Waals surface area contributed by atoms with Crippen LogP contribution in [0.3, 0.4) is 0 Å². The normalized spacial score (nSPS) is 15.0. The van der Waals surface area contributed by atoms with Crippen molar-refractivity contribution < 1.29 is 14.2 Å². The molecule has 0 bridgehead atoms. The van der Waals surface area contributed by atoms with E-state index in [0.29, 0.717) is 0 Å². The van der Waals surface area contributed by atoms with Gasteiger partial charge in [0.05, 0.1) is 14.2 Å². The van der Waals surface area contributed by atoms with Crippen LogP contribution in [0.25, 0.3) is 33.3 Å². The number of pyridine rings is 1. The van der Waals surface area contributed by atoms with Gasteiger partial charge in [0.2, 0.25) is 0 Å². The lowest BCUT2D eigenvalue weighted by molar-refractivity contribution is 0.111. The summed E-state index contributed by atoms with van der Waals surface area (Å²) >= 11 is 0. The number of ether oxygens (including phenoxy) is 3. The molecule has 5 rings (SSSR count). The molecule has 0 saturated carbocycles. The molecule has 1 N–H and O–H groups in total. The van der Waals surface area contributed by atoms with E-state index in [1.165, 1.54) is 0 Å². The maximum Gasteiger partial charge on any atom is 0.161 e. The molecule has 0 atom stereocenters. The number of aromatic nitrogens is 2. The number of benzene rings is 2. The maximum atomic E-state index is 6.29. The number of likely N-dealkylation sites (tertiary alicyclic amines) is 1. The number of piperidine rings is 1. The van der Waals surface area contributed by atoms with Gasteiger partial charge in [-0.15, -0.1) is 0 Å². The monoisotopic (exact) mass is 443 g/mol. The molecule has 170 valence electrons. The first-order valence-corrected chi connectivity index (χ1v) is 11.3. The molecule has 4 aromatic rings. The lowest BCUT2D eigenvalue weighted by Gasteiger charge is -2.29. The second-order valence-corrected chi connectivity index (χ2v) is 8.51. The maximum absolute atomic E-state index is 6.29. The van der Waals surface area contributed by atoms with Gasteiger partial charge in [-0.2, -0.15) is 0 Å². The van der Waals surface area contributed by atoms with E-state index in [1.807, 2.05) is 42.7 Å². The smallest absolute Gasteiger partial charge is 0.161 e. The molecule has 1 aliphatic rings. The highest BCUT2D eigenvalue weighted by molar-refractivity contribution is 5.97. The second kappa shape index (κ2) is 9.16. The Labute approximate surface area is 194 Å². The Morgan fingerprint density at radius 2 is 1.67 bits per heavy atom. The zero-order valence-electron chi connectivity index (χ0n) is 19.3. The van der Waals surface area contributed by atoms with Crippen LogP contribution >= 0.6 is 0 Å². The minimum atomic E-state index is 0.224. The van der Waals surface area contributed by atoms with Crippen LogP contribution in [0.1, 0.15) is 12.8 Å². The van der Waals surface area contributed by atoms with Gasteiger partial charge in [-0.1, -0.05) is 24.3 Å². The average Bonchev–Trinajstić information content (AvgIpc) is 3.28. The third kappa shape index (κ3) is 4.26. The summed E-state index contributed by atoms with van der Waals surface area (Å²) in [7, 11) is 5.53. The zero-order valence-corrected chi connectivity index (χ0v) is 19.3. The lowest BCUT2D eigenvalue weighted by atomic mass is 10.0. The average molecular weight is 444 g/mol. The first-order chi connectivity index (χ1) is 16.2. The van der Waals surface area contributed by atoms with Crippen LogP contribution in [0, 0.1) is 0 Å². The van der Waals surface area contributed by atoms with Gasteiger partial charge in [0.1, 0.15) is 17.5 Å². The van der Waals surface area contributed by atoms with Crippen LogP contribution in [-0.2, 0) is 0 Å². The molecule has 6 heteroatoms. The van der Waals surface area contributed by atoms with Gasteiger partial charge in [-0.05, 0) is 49.7 Å². The van der Waals surface area contributed by atoms with E-state index >= 15 is 0 Å². The molecule has 0 aliphatic carbocycles. The van der Waals surface area contributed by atoms with Gasteiger partial charge >= 0.3 is 0 Å². The second-order valence-electron chi connectivity index (χ2n) is 8.51. The number of para-hydroxylation sites is 1. The summed E-state index contributed by atoms with van der Waals surface area (Å²) in [5.41, 5.74) is 4.98. The predicted molar refractivity (Wildman–Crippen MR) is 131 cm³/mol. The Balaban J connectivity index is 1.47. The van der Waals surface area contributed by atoms with Crippen molar-refractivity contribution in [3.8, 4) is 39.5 Å². The summed E-state index contributed by atoms with van der Waals surface area (Å²) in [5.74, 6) is 2.37. The van der Waals surface area contributed by atoms with Gasteiger partial charge in [0.15, 0.2) is 11.5 Å². The molecule has 3 heterocycles. The molecule has 2 aromatic heterocycles. The number of methoxy groups -OCH3 is 2. The summed E-state index contributed by atoms with van der Waals surface area (Å²) in [6.07, 6.45) is 6.15. The van der Waals surface area contributed by atoms with Gasteiger partial charge < -0.3 is 24.1 Å². The number of nitrogens with zero attached hydrogens (tertiary/aromatic N) is 2. The highest BCUT2D eigenvalue weighted by Crippen LogP contribution is 2.38. The van der Waals surface area contributed by atoms with E-state index in [9.17, 15) is 0 Å². The van der Waals surface area contributed by atoms with Crippen LogP contribution in [0.15, 0.2) is 60.9 Å². The van der Waals surface area contributed by atoms with E-state index in [1.54, 1.807) is 14.2 Å². The molecular formula is C27H29N3O3. The fraction of sp³-hybridized carbons (Fsp3) is 0.296.